The van der Waals surface area contributed by atoms with Crippen LogP contribution in [-0.2, 0) is 10.0 Å². The van der Waals surface area contributed by atoms with Gasteiger partial charge >= 0.3 is 0 Å². The summed E-state index contributed by atoms with van der Waals surface area (Å²) in [5.41, 5.74) is 0.321. The van der Waals surface area contributed by atoms with E-state index in [0.717, 1.165) is 0 Å². The molecule has 1 fully saturated rings. The van der Waals surface area contributed by atoms with Gasteiger partial charge in [-0.2, -0.15) is 0 Å². The molecule has 1 atom stereocenters. The predicted molar refractivity (Wildman–Crippen MR) is 74.9 cm³/mol. The molecule has 6 heteroatoms. The van der Waals surface area contributed by atoms with Gasteiger partial charge in [0.25, 0.3) is 0 Å². The van der Waals surface area contributed by atoms with Gasteiger partial charge in [0.2, 0.25) is 10.0 Å². The minimum Gasteiger partial charge on any atom is -0.388 e. The number of aliphatic hydroxyl groups is 1. The van der Waals surface area contributed by atoms with Gasteiger partial charge in [-0.1, -0.05) is 11.6 Å². The third kappa shape index (κ3) is 2.94. The SMILES string of the molecule is Cc1cc(Cl)cc(C)c1S(=O)(=O)N[C@@H](C)C1(O)CC1. The summed E-state index contributed by atoms with van der Waals surface area (Å²) in [5.74, 6) is 0. The van der Waals surface area contributed by atoms with Crippen molar-refractivity contribution in [2.45, 2.75) is 50.2 Å². The van der Waals surface area contributed by atoms with E-state index in [9.17, 15) is 13.5 Å². The molecule has 0 aromatic heterocycles. The summed E-state index contributed by atoms with van der Waals surface area (Å²) in [6, 6.07) is 2.76. The topological polar surface area (TPSA) is 66.4 Å². The third-order valence-electron chi connectivity index (χ3n) is 3.59. The van der Waals surface area contributed by atoms with Crippen LogP contribution in [0.3, 0.4) is 0 Å². The number of benzene rings is 1. The van der Waals surface area contributed by atoms with Crippen LogP contribution in [0.25, 0.3) is 0 Å². The largest absolute Gasteiger partial charge is 0.388 e. The van der Waals surface area contributed by atoms with E-state index in [2.05, 4.69) is 4.72 Å². The van der Waals surface area contributed by atoms with Crippen molar-refractivity contribution in [1.29, 1.82) is 0 Å². The maximum Gasteiger partial charge on any atom is 0.241 e. The summed E-state index contributed by atoms with van der Waals surface area (Å²) in [7, 11) is -3.65. The van der Waals surface area contributed by atoms with E-state index in [0.29, 0.717) is 29.0 Å². The molecule has 106 valence electrons. The number of hydrogen-bond donors (Lipinski definition) is 2. The van der Waals surface area contributed by atoms with Crippen LogP contribution in [-0.4, -0.2) is 25.2 Å². The van der Waals surface area contributed by atoms with Crippen molar-refractivity contribution in [2.75, 3.05) is 0 Å². The Morgan fingerprint density at radius 2 is 1.79 bits per heavy atom. The Bertz CT molecular complexity index is 585. The molecule has 19 heavy (non-hydrogen) atoms. The van der Waals surface area contributed by atoms with Gasteiger partial charge in [0.1, 0.15) is 0 Å². The van der Waals surface area contributed by atoms with Crippen LogP contribution in [0.2, 0.25) is 5.02 Å². The van der Waals surface area contributed by atoms with Crippen LogP contribution in [0.5, 0.6) is 0 Å². The van der Waals surface area contributed by atoms with E-state index in [1.165, 1.54) is 0 Å². The maximum atomic E-state index is 12.4. The Morgan fingerprint density at radius 3 is 2.21 bits per heavy atom. The molecular formula is C13H18ClNO3S. The van der Waals surface area contributed by atoms with Crippen molar-refractivity contribution in [3.8, 4) is 0 Å². The molecule has 0 spiro atoms. The lowest BCUT2D eigenvalue weighted by Crippen LogP contribution is -2.42. The Balaban J connectivity index is 2.35. The normalized spacial score (nSPS) is 19.2. The fourth-order valence-corrected chi connectivity index (χ4v) is 4.38. The molecule has 1 aromatic carbocycles. The first-order chi connectivity index (χ1) is 8.66. The Kier molecular flexibility index (Phi) is 3.68. The monoisotopic (exact) mass is 303 g/mol. The molecule has 0 heterocycles. The Morgan fingerprint density at radius 1 is 1.32 bits per heavy atom. The van der Waals surface area contributed by atoms with E-state index in [4.69, 9.17) is 11.6 Å². The summed E-state index contributed by atoms with van der Waals surface area (Å²) >= 11 is 5.91. The summed E-state index contributed by atoms with van der Waals surface area (Å²) in [6.07, 6.45) is 1.27. The molecule has 0 saturated heterocycles. The molecule has 1 aliphatic carbocycles. The second-order valence-corrected chi connectivity index (χ2v) is 7.40. The van der Waals surface area contributed by atoms with E-state index in [-0.39, 0.29) is 4.90 Å². The molecule has 1 saturated carbocycles. The number of nitrogens with one attached hydrogen (secondary N) is 1. The van der Waals surface area contributed by atoms with Crippen LogP contribution < -0.4 is 4.72 Å². The summed E-state index contributed by atoms with van der Waals surface area (Å²) in [4.78, 5) is 0.244. The number of aryl methyl sites for hydroxylation is 2. The predicted octanol–water partition coefficient (Wildman–Crippen LogP) is 2.15. The first-order valence-electron chi connectivity index (χ1n) is 6.17. The lowest BCUT2D eigenvalue weighted by atomic mass is 10.2. The molecule has 0 radical (unpaired) electrons. The van der Waals surface area contributed by atoms with E-state index in [1.807, 2.05) is 0 Å². The second-order valence-electron chi connectivity index (χ2n) is 5.32. The van der Waals surface area contributed by atoms with Crippen molar-refractivity contribution in [3.05, 3.63) is 28.3 Å². The fourth-order valence-electron chi connectivity index (χ4n) is 2.28. The zero-order chi connectivity index (χ0) is 14.4. The second kappa shape index (κ2) is 4.74. The van der Waals surface area contributed by atoms with E-state index in [1.54, 1.807) is 32.9 Å². The molecular weight excluding hydrogens is 286 g/mol. The zero-order valence-electron chi connectivity index (χ0n) is 11.2. The lowest BCUT2D eigenvalue weighted by Gasteiger charge is -2.21. The molecule has 1 aliphatic rings. The smallest absolute Gasteiger partial charge is 0.241 e. The zero-order valence-corrected chi connectivity index (χ0v) is 12.8. The van der Waals surface area contributed by atoms with Crippen LogP contribution >= 0.6 is 11.6 Å². The Hall–Kier alpha value is -0.620. The van der Waals surface area contributed by atoms with Crippen molar-refractivity contribution in [3.63, 3.8) is 0 Å². The minimum atomic E-state index is -3.65. The summed E-state index contributed by atoms with van der Waals surface area (Å²) in [6.45, 7) is 5.11. The lowest BCUT2D eigenvalue weighted by molar-refractivity contribution is 0.119. The van der Waals surface area contributed by atoms with Gasteiger partial charge in [0, 0.05) is 11.1 Å². The van der Waals surface area contributed by atoms with Gasteiger partial charge < -0.3 is 5.11 Å². The number of rotatable bonds is 4. The van der Waals surface area contributed by atoms with Gasteiger partial charge in [0.05, 0.1) is 10.5 Å². The number of halogens is 1. The number of hydrogen-bond acceptors (Lipinski definition) is 3. The molecule has 0 amide bonds. The van der Waals surface area contributed by atoms with E-state index < -0.39 is 21.7 Å². The molecule has 0 aliphatic heterocycles. The molecule has 4 nitrogen and oxygen atoms in total. The van der Waals surface area contributed by atoms with Crippen molar-refractivity contribution >= 4 is 21.6 Å². The number of sulfonamides is 1. The van der Waals surface area contributed by atoms with Crippen molar-refractivity contribution in [1.82, 2.24) is 4.72 Å². The standard InChI is InChI=1S/C13H18ClNO3S/c1-8-6-11(14)7-9(2)12(8)19(17,18)15-10(3)13(16)4-5-13/h6-7,10,15-16H,4-5H2,1-3H3/t10-/m0/s1. The first kappa shape index (κ1) is 14.8. The average molecular weight is 304 g/mol. The van der Waals surface area contributed by atoms with Gasteiger partial charge in [-0.05, 0) is 56.9 Å². The quantitative estimate of drug-likeness (QED) is 0.895. The van der Waals surface area contributed by atoms with Gasteiger partial charge in [-0.15, -0.1) is 0 Å². The highest BCUT2D eigenvalue weighted by Crippen LogP contribution is 2.39. The first-order valence-corrected chi connectivity index (χ1v) is 8.03. The van der Waals surface area contributed by atoms with Crippen LogP contribution in [0.1, 0.15) is 30.9 Å². The molecule has 0 bridgehead atoms. The highest BCUT2D eigenvalue weighted by atomic mass is 35.5. The highest BCUT2D eigenvalue weighted by Gasteiger charge is 2.47. The van der Waals surface area contributed by atoms with Crippen LogP contribution in [0.4, 0.5) is 0 Å². The molecule has 1 aromatic rings. The molecule has 0 unspecified atom stereocenters. The highest BCUT2D eigenvalue weighted by molar-refractivity contribution is 7.89. The van der Waals surface area contributed by atoms with Gasteiger partial charge in [-0.3, -0.25) is 0 Å². The van der Waals surface area contributed by atoms with E-state index >= 15 is 0 Å². The molecule has 2 N–H and O–H groups in total. The van der Waals surface area contributed by atoms with Crippen molar-refractivity contribution in [2.24, 2.45) is 0 Å². The fraction of sp³-hybridized carbons (Fsp3) is 0.538. The van der Waals surface area contributed by atoms with Crippen LogP contribution in [0.15, 0.2) is 17.0 Å². The maximum absolute atomic E-state index is 12.4. The average Bonchev–Trinajstić information content (AvgIpc) is 2.94. The molecule has 2 rings (SSSR count). The van der Waals surface area contributed by atoms with Crippen LogP contribution in [0, 0.1) is 13.8 Å². The summed E-state index contributed by atoms with van der Waals surface area (Å²) in [5, 5.41) is 10.5. The third-order valence-corrected chi connectivity index (χ3v) is 5.66. The van der Waals surface area contributed by atoms with Gasteiger partial charge in [-0.25, -0.2) is 13.1 Å². The van der Waals surface area contributed by atoms with Crippen molar-refractivity contribution < 1.29 is 13.5 Å². The summed E-state index contributed by atoms with van der Waals surface area (Å²) < 4.78 is 27.4. The Labute approximate surface area is 118 Å². The minimum absolute atomic E-state index is 0.244. The van der Waals surface area contributed by atoms with Gasteiger partial charge in [0.15, 0.2) is 0 Å².